The summed E-state index contributed by atoms with van der Waals surface area (Å²) in [5.41, 5.74) is 2.17. The summed E-state index contributed by atoms with van der Waals surface area (Å²) in [6, 6.07) is 15.1. The first kappa shape index (κ1) is 25.7. The van der Waals surface area contributed by atoms with Gasteiger partial charge in [0, 0.05) is 37.4 Å². The van der Waals surface area contributed by atoms with Crippen molar-refractivity contribution >= 4 is 29.5 Å². The number of nitrogens with one attached hydrogen (secondary N) is 2. The fourth-order valence-electron chi connectivity index (χ4n) is 3.62. The predicted molar refractivity (Wildman–Crippen MR) is 132 cm³/mol. The van der Waals surface area contributed by atoms with Crippen molar-refractivity contribution in [1.82, 2.24) is 15.1 Å². The average Bonchev–Trinajstić information content (AvgIpc) is 2.86. The Bertz CT molecular complexity index is 1030. The third-order valence-electron chi connectivity index (χ3n) is 5.80. The second-order valence-corrected chi connectivity index (χ2v) is 8.83. The summed E-state index contributed by atoms with van der Waals surface area (Å²) in [5.74, 6) is -1.60. The van der Waals surface area contributed by atoms with Gasteiger partial charge in [-0.15, -0.1) is 0 Å². The lowest BCUT2D eigenvalue weighted by molar-refractivity contribution is -0.155. The predicted octanol–water partition coefficient (Wildman–Crippen LogP) is 2.67. The third kappa shape index (κ3) is 7.30. The molecule has 2 aromatic carbocycles. The molecule has 35 heavy (non-hydrogen) atoms. The molecule has 2 N–H and O–H groups in total. The molecule has 9 nitrogen and oxygen atoms in total. The minimum absolute atomic E-state index is 0.223. The molecule has 1 saturated heterocycles. The number of piperazine rings is 1. The molecule has 1 heterocycles. The number of para-hydroxylation sites is 1. The minimum Gasteiger partial charge on any atom is -0.454 e. The van der Waals surface area contributed by atoms with Crippen molar-refractivity contribution in [2.24, 2.45) is 5.92 Å². The first-order chi connectivity index (χ1) is 16.7. The summed E-state index contributed by atoms with van der Waals surface area (Å²) in [4.78, 5) is 53.4. The van der Waals surface area contributed by atoms with Crippen molar-refractivity contribution in [2.75, 3.05) is 38.1 Å². The highest BCUT2D eigenvalue weighted by Crippen LogP contribution is 2.11. The third-order valence-corrected chi connectivity index (χ3v) is 5.80. The lowest BCUT2D eigenvalue weighted by atomic mass is 10.0. The van der Waals surface area contributed by atoms with Gasteiger partial charge >= 0.3 is 12.0 Å². The molecule has 3 rings (SSSR count). The van der Waals surface area contributed by atoms with Crippen LogP contribution >= 0.6 is 0 Å². The van der Waals surface area contributed by atoms with Crippen LogP contribution in [0, 0.1) is 12.8 Å². The summed E-state index contributed by atoms with van der Waals surface area (Å²) in [6.45, 7) is 6.53. The van der Waals surface area contributed by atoms with Crippen molar-refractivity contribution in [1.29, 1.82) is 0 Å². The monoisotopic (exact) mass is 480 g/mol. The minimum atomic E-state index is -0.880. The maximum absolute atomic E-state index is 12.6. The zero-order valence-electron chi connectivity index (χ0n) is 20.3. The van der Waals surface area contributed by atoms with Gasteiger partial charge in [0.25, 0.3) is 11.8 Å². The summed E-state index contributed by atoms with van der Waals surface area (Å²) in [7, 11) is 0. The van der Waals surface area contributed by atoms with Gasteiger partial charge in [-0.05, 0) is 37.1 Å². The second-order valence-electron chi connectivity index (χ2n) is 8.83. The van der Waals surface area contributed by atoms with E-state index < -0.39 is 18.6 Å². The van der Waals surface area contributed by atoms with Gasteiger partial charge in [0.1, 0.15) is 6.04 Å². The fraction of sp³-hybridized carbons (Fsp3) is 0.385. The summed E-state index contributed by atoms with van der Waals surface area (Å²) in [6.07, 6.45) is 0. The first-order valence-corrected chi connectivity index (χ1v) is 11.7. The van der Waals surface area contributed by atoms with Gasteiger partial charge in [0.05, 0.1) is 0 Å². The van der Waals surface area contributed by atoms with E-state index in [1.165, 1.54) is 0 Å². The molecule has 1 aliphatic heterocycles. The number of rotatable bonds is 7. The van der Waals surface area contributed by atoms with Crippen molar-refractivity contribution < 1.29 is 23.9 Å². The van der Waals surface area contributed by atoms with E-state index >= 15 is 0 Å². The Hall–Kier alpha value is -3.88. The van der Waals surface area contributed by atoms with E-state index in [0.717, 1.165) is 5.56 Å². The molecule has 1 aliphatic rings. The number of urea groups is 1. The van der Waals surface area contributed by atoms with E-state index in [-0.39, 0.29) is 23.8 Å². The number of carbonyl (C=O) groups is 4. The lowest BCUT2D eigenvalue weighted by Gasteiger charge is -2.34. The maximum Gasteiger partial charge on any atom is 0.329 e. The van der Waals surface area contributed by atoms with Gasteiger partial charge in [0.15, 0.2) is 6.61 Å². The molecule has 1 unspecified atom stereocenters. The zero-order valence-corrected chi connectivity index (χ0v) is 20.3. The summed E-state index contributed by atoms with van der Waals surface area (Å²) < 4.78 is 5.25. The van der Waals surface area contributed by atoms with Gasteiger partial charge in [-0.1, -0.05) is 49.7 Å². The molecular formula is C26H32N4O5. The Labute approximate surface area is 205 Å². The van der Waals surface area contributed by atoms with Crippen molar-refractivity contribution in [3.63, 3.8) is 0 Å². The van der Waals surface area contributed by atoms with Crippen LogP contribution in [0.25, 0.3) is 0 Å². The molecule has 1 atom stereocenters. The highest BCUT2D eigenvalue weighted by molar-refractivity contribution is 5.97. The van der Waals surface area contributed by atoms with Crippen LogP contribution in [0.2, 0.25) is 0 Å². The van der Waals surface area contributed by atoms with E-state index in [0.29, 0.717) is 37.4 Å². The second kappa shape index (κ2) is 12.0. The van der Waals surface area contributed by atoms with Gasteiger partial charge < -0.3 is 25.2 Å². The molecule has 1 fully saturated rings. The number of nitrogens with zero attached hydrogens (tertiary/aromatic N) is 2. The first-order valence-electron chi connectivity index (χ1n) is 11.7. The smallest absolute Gasteiger partial charge is 0.329 e. The Kier molecular flexibility index (Phi) is 8.83. The molecule has 4 amide bonds. The van der Waals surface area contributed by atoms with Crippen LogP contribution in [0.5, 0.6) is 0 Å². The maximum atomic E-state index is 12.6. The molecule has 0 aromatic heterocycles. The Morgan fingerprint density at radius 3 is 2.09 bits per heavy atom. The van der Waals surface area contributed by atoms with Gasteiger partial charge in [-0.3, -0.25) is 9.59 Å². The van der Waals surface area contributed by atoms with Crippen LogP contribution in [0.3, 0.4) is 0 Å². The number of hydrogen-bond acceptors (Lipinski definition) is 5. The van der Waals surface area contributed by atoms with E-state index in [9.17, 15) is 19.2 Å². The highest BCUT2D eigenvalue weighted by atomic mass is 16.5. The topological polar surface area (TPSA) is 108 Å². The summed E-state index contributed by atoms with van der Waals surface area (Å²) in [5, 5.41) is 5.53. The van der Waals surface area contributed by atoms with Crippen molar-refractivity contribution in [2.45, 2.75) is 26.8 Å². The number of ether oxygens (including phenoxy) is 1. The number of amides is 4. The molecule has 0 saturated carbocycles. The average molecular weight is 481 g/mol. The number of carbonyl (C=O) groups excluding carboxylic acids is 4. The van der Waals surface area contributed by atoms with Crippen molar-refractivity contribution in [3.05, 3.63) is 65.7 Å². The van der Waals surface area contributed by atoms with Gasteiger partial charge in [0.2, 0.25) is 0 Å². The number of anilines is 1. The van der Waals surface area contributed by atoms with Crippen LogP contribution in [0.15, 0.2) is 54.6 Å². The fourth-order valence-corrected chi connectivity index (χ4v) is 3.62. The number of esters is 1. The lowest BCUT2D eigenvalue weighted by Crippen LogP contribution is -2.53. The molecule has 9 heteroatoms. The largest absolute Gasteiger partial charge is 0.454 e. The summed E-state index contributed by atoms with van der Waals surface area (Å²) >= 11 is 0. The van der Waals surface area contributed by atoms with E-state index in [1.54, 1.807) is 47.9 Å². The normalized spacial score (nSPS) is 14.3. The molecular weight excluding hydrogens is 448 g/mol. The molecule has 2 aromatic rings. The van der Waals surface area contributed by atoms with E-state index in [1.807, 2.05) is 37.3 Å². The molecule has 186 valence electrons. The van der Waals surface area contributed by atoms with E-state index in [2.05, 4.69) is 10.6 Å². The molecule has 0 spiro atoms. The Morgan fingerprint density at radius 1 is 0.886 bits per heavy atom. The highest BCUT2D eigenvalue weighted by Gasteiger charge is 2.29. The number of benzene rings is 2. The standard InChI is InChI=1S/C26H32N4O5/c1-18(2)23(28-24(32)20-11-9-19(3)10-12-20)25(33)35-17-22(31)29-13-15-30(16-14-29)26(34)27-21-7-5-4-6-8-21/h4-12,18,23H,13-17H2,1-3H3,(H,27,34)(H,28,32). The molecule has 0 bridgehead atoms. The Morgan fingerprint density at radius 2 is 1.49 bits per heavy atom. The van der Waals surface area contributed by atoms with Crippen LogP contribution in [-0.2, 0) is 14.3 Å². The number of aryl methyl sites for hydroxylation is 1. The van der Waals surface area contributed by atoms with Crippen LogP contribution in [0.4, 0.5) is 10.5 Å². The van der Waals surface area contributed by atoms with Crippen LogP contribution in [0.1, 0.15) is 29.8 Å². The zero-order chi connectivity index (χ0) is 25.4. The van der Waals surface area contributed by atoms with Crippen LogP contribution in [-0.4, -0.2) is 72.4 Å². The number of hydrogen-bond donors (Lipinski definition) is 2. The Balaban J connectivity index is 1.45. The molecule has 0 aliphatic carbocycles. The van der Waals surface area contributed by atoms with Gasteiger partial charge in [-0.2, -0.15) is 0 Å². The van der Waals surface area contributed by atoms with Gasteiger partial charge in [-0.25, -0.2) is 9.59 Å². The van der Waals surface area contributed by atoms with Crippen LogP contribution < -0.4 is 10.6 Å². The quantitative estimate of drug-likeness (QED) is 0.593. The van der Waals surface area contributed by atoms with E-state index in [4.69, 9.17) is 4.74 Å². The molecule has 0 radical (unpaired) electrons. The van der Waals surface area contributed by atoms with Crippen molar-refractivity contribution in [3.8, 4) is 0 Å². The SMILES string of the molecule is Cc1ccc(C(=O)NC(C(=O)OCC(=O)N2CCN(C(=O)Nc3ccccc3)CC2)C(C)C)cc1.